The van der Waals surface area contributed by atoms with Crippen LogP contribution in [0.4, 0.5) is 0 Å². The van der Waals surface area contributed by atoms with E-state index in [1.54, 1.807) is 0 Å². The molecule has 28 heavy (non-hydrogen) atoms. The molecule has 5 nitrogen and oxygen atoms in total. The highest BCUT2D eigenvalue weighted by Crippen LogP contribution is 2.41. The fourth-order valence-electron chi connectivity index (χ4n) is 3.64. The molecule has 0 heterocycles. The molecule has 1 atom stereocenters. The van der Waals surface area contributed by atoms with Crippen molar-refractivity contribution in [1.82, 2.24) is 0 Å². The molecule has 0 bridgehead atoms. The lowest BCUT2D eigenvalue weighted by Crippen LogP contribution is -2.44. The topological polar surface area (TPSA) is 61.8 Å². The minimum atomic E-state index is -0.551. The Hall–Kier alpha value is -0.940. The zero-order chi connectivity index (χ0) is 21.6. The van der Waals surface area contributed by atoms with E-state index in [4.69, 9.17) is 14.2 Å². The van der Waals surface area contributed by atoms with Crippen LogP contribution in [0.1, 0.15) is 93.9 Å². The Balaban J connectivity index is 2.45. The quantitative estimate of drug-likeness (QED) is 0.453. The van der Waals surface area contributed by atoms with E-state index in [2.05, 4.69) is 20.8 Å². The van der Waals surface area contributed by atoms with Crippen LogP contribution in [0.25, 0.3) is 0 Å². The van der Waals surface area contributed by atoms with E-state index in [0.29, 0.717) is 5.92 Å². The van der Waals surface area contributed by atoms with Crippen LogP contribution in [0.5, 0.6) is 0 Å². The van der Waals surface area contributed by atoms with Crippen molar-refractivity contribution < 1.29 is 23.8 Å². The maximum Gasteiger partial charge on any atom is 0.332 e. The number of Topliss-reactive ketones (excluding diaryl/α,β-unsaturated/α-hetero) is 1. The first-order chi connectivity index (χ1) is 12.8. The molecule has 1 unspecified atom stereocenters. The van der Waals surface area contributed by atoms with Gasteiger partial charge >= 0.3 is 5.97 Å². The third-order valence-electron chi connectivity index (χ3n) is 6.56. The summed E-state index contributed by atoms with van der Waals surface area (Å²) >= 11 is 0. The van der Waals surface area contributed by atoms with Gasteiger partial charge in [0.25, 0.3) is 0 Å². The molecular formula is C23H42O5. The summed E-state index contributed by atoms with van der Waals surface area (Å²) in [5.41, 5.74) is -1.05. The van der Waals surface area contributed by atoms with Gasteiger partial charge in [-0.1, -0.05) is 27.7 Å². The number of ether oxygens (including phenoxy) is 3. The number of hydrogen-bond acceptors (Lipinski definition) is 5. The molecular weight excluding hydrogens is 356 g/mol. The minimum absolute atomic E-state index is 0.00920. The van der Waals surface area contributed by atoms with Crippen molar-refractivity contribution in [2.24, 2.45) is 11.3 Å². The monoisotopic (exact) mass is 398 g/mol. The fraction of sp³-hybridized carbons (Fsp3) is 0.913. The molecule has 1 aliphatic rings. The largest absolute Gasteiger partial charge is 0.458 e. The number of esters is 1. The maximum atomic E-state index is 12.2. The summed E-state index contributed by atoms with van der Waals surface area (Å²) in [4.78, 5) is 24.3. The van der Waals surface area contributed by atoms with Crippen LogP contribution in [-0.2, 0) is 23.8 Å². The predicted molar refractivity (Wildman–Crippen MR) is 111 cm³/mol. The zero-order valence-electron chi connectivity index (χ0n) is 19.4. The average molecular weight is 399 g/mol. The van der Waals surface area contributed by atoms with Gasteiger partial charge < -0.3 is 14.2 Å². The average Bonchev–Trinajstić information content (AvgIpc) is 2.60. The smallest absolute Gasteiger partial charge is 0.332 e. The molecule has 0 N–H and O–H groups in total. The summed E-state index contributed by atoms with van der Waals surface area (Å²) in [6, 6.07) is 0. The highest BCUT2D eigenvalue weighted by atomic mass is 16.6. The third kappa shape index (κ3) is 7.47. The highest BCUT2D eigenvalue weighted by molar-refractivity contribution is 5.85. The molecule has 5 heteroatoms. The minimum Gasteiger partial charge on any atom is -0.458 e. The standard InChI is InChI=1S/C23H42O5/c1-9-17(3)27-23(8)13-11-18(12-14-23)22(6,7)28-20(25)16-26-15-19(24)21(4,5)10-2/h17-18H,9-16H2,1-8H3. The summed E-state index contributed by atoms with van der Waals surface area (Å²) in [6.45, 7) is 15.9. The van der Waals surface area contributed by atoms with Crippen molar-refractivity contribution in [3.05, 3.63) is 0 Å². The molecule has 1 fully saturated rings. The van der Waals surface area contributed by atoms with Crippen molar-refractivity contribution in [3.8, 4) is 0 Å². The molecule has 0 aromatic heterocycles. The van der Waals surface area contributed by atoms with E-state index >= 15 is 0 Å². The van der Waals surface area contributed by atoms with Crippen LogP contribution in [0.2, 0.25) is 0 Å². The molecule has 0 radical (unpaired) electrons. The van der Waals surface area contributed by atoms with E-state index in [0.717, 1.165) is 38.5 Å². The van der Waals surface area contributed by atoms with E-state index in [-0.39, 0.29) is 30.7 Å². The van der Waals surface area contributed by atoms with Crippen molar-refractivity contribution in [3.63, 3.8) is 0 Å². The maximum absolute atomic E-state index is 12.2. The number of rotatable bonds is 11. The molecule has 0 spiro atoms. The zero-order valence-corrected chi connectivity index (χ0v) is 19.4. The van der Waals surface area contributed by atoms with Gasteiger partial charge in [-0.2, -0.15) is 0 Å². The van der Waals surface area contributed by atoms with Crippen LogP contribution in [0.15, 0.2) is 0 Å². The van der Waals surface area contributed by atoms with Crippen LogP contribution in [0.3, 0.4) is 0 Å². The second-order valence-corrected chi connectivity index (χ2v) is 9.79. The first-order valence-electron chi connectivity index (χ1n) is 10.9. The van der Waals surface area contributed by atoms with Crippen molar-refractivity contribution in [2.75, 3.05) is 13.2 Å². The predicted octanol–water partition coefficient (Wildman–Crippen LogP) is 5.09. The molecule has 0 amide bonds. The van der Waals surface area contributed by atoms with Gasteiger partial charge in [0.15, 0.2) is 5.78 Å². The van der Waals surface area contributed by atoms with Gasteiger partial charge in [0.2, 0.25) is 0 Å². The van der Waals surface area contributed by atoms with Crippen molar-refractivity contribution in [1.29, 1.82) is 0 Å². The van der Waals surface area contributed by atoms with E-state index in [9.17, 15) is 9.59 Å². The number of hydrogen-bond donors (Lipinski definition) is 0. The van der Waals surface area contributed by atoms with Crippen LogP contribution in [0, 0.1) is 11.3 Å². The molecule has 0 aromatic rings. The Morgan fingerprint density at radius 3 is 2.14 bits per heavy atom. The summed E-state index contributed by atoms with van der Waals surface area (Å²) in [5.74, 6) is -0.100. The van der Waals surface area contributed by atoms with E-state index in [1.807, 2.05) is 34.6 Å². The van der Waals surface area contributed by atoms with Crippen LogP contribution >= 0.6 is 0 Å². The van der Waals surface area contributed by atoms with Crippen LogP contribution < -0.4 is 0 Å². The summed E-state index contributed by atoms with van der Waals surface area (Å²) in [5, 5.41) is 0. The first kappa shape index (κ1) is 25.1. The van der Waals surface area contributed by atoms with Gasteiger partial charge in [-0.15, -0.1) is 0 Å². The summed E-state index contributed by atoms with van der Waals surface area (Å²) < 4.78 is 17.3. The number of ketones is 1. The Labute approximate surface area is 171 Å². The van der Waals surface area contributed by atoms with E-state index < -0.39 is 17.0 Å². The fourth-order valence-corrected chi connectivity index (χ4v) is 3.64. The second kappa shape index (κ2) is 10.2. The van der Waals surface area contributed by atoms with Crippen molar-refractivity contribution in [2.45, 2.75) is 111 Å². The third-order valence-corrected chi connectivity index (χ3v) is 6.56. The molecule has 1 rings (SSSR count). The van der Waals surface area contributed by atoms with E-state index in [1.165, 1.54) is 0 Å². The molecule has 0 saturated heterocycles. The summed E-state index contributed by atoms with van der Waals surface area (Å²) in [7, 11) is 0. The molecule has 0 aliphatic heterocycles. The molecule has 0 aromatic carbocycles. The normalized spacial score (nSPS) is 24.6. The molecule has 1 aliphatic carbocycles. The Bertz CT molecular complexity index is 515. The Morgan fingerprint density at radius 1 is 1.07 bits per heavy atom. The Kier molecular flexibility index (Phi) is 9.14. The summed E-state index contributed by atoms with van der Waals surface area (Å²) in [6.07, 6.45) is 5.91. The first-order valence-corrected chi connectivity index (χ1v) is 10.9. The number of carbonyl (C=O) groups excluding carboxylic acids is 2. The SMILES string of the molecule is CCC(C)OC1(C)CCC(C(C)(C)OC(=O)COCC(=O)C(C)(C)CC)CC1. The van der Waals surface area contributed by atoms with Gasteiger partial charge in [0, 0.05) is 5.41 Å². The van der Waals surface area contributed by atoms with Gasteiger partial charge in [-0.25, -0.2) is 4.79 Å². The molecule has 1 saturated carbocycles. The lowest BCUT2D eigenvalue weighted by Gasteiger charge is -2.43. The van der Waals surface area contributed by atoms with Crippen molar-refractivity contribution >= 4 is 11.8 Å². The van der Waals surface area contributed by atoms with Gasteiger partial charge in [0.05, 0.1) is 11.7 Å². The number of carbonyl (C=O) groups is 2. The van der Waals surface area contributed by atoms with Gasteiger partial charge in [-0.05, 0) is 72.1 Å². The lowest BCUT2D eigenvalue weighted by molar-refractivity contribution is -0.172. The highest BCUT2D eigenvalue weighted by Gasteiger charge is 2.41. The van der Waals surface area contributed by atoms with Gasteiger partial charge in [0.1, 0.15) is 18.8 Å². The Morgan fingerprint density at radius 2 is 1.64 bits per heavy atom. The second-order valence-electron chi connectivity index (χ2n) is 9.79. The lowest BCUT2D eigenvalue weighted by atomic mass is 9.73. The van der Waals surface area contributed by atoms with Crippen LogP contribution in [-0.4, -0.2) is 42.3 Å². The molecule has 164 valence electrons. The van der Waals surface area contributed by atoms with Gasteiger partial charge in [-0.3, -0.25) is 4.79 Å².